The van der Waals surface area contributed by atoms with Gasteiger partial charge in [0, 0.05) is 17.4 Å². The monoisotopic (exact) mass is 355 g/mol. The predicted octanol–water partition coefficient (Wildman–Crippen LogP) is 3.39. The van der Waals surface area contributed by atoms with E-state index in [0.717, 1.165) is 18.2 Å². The van der Waals surface area contributed by atoms with Gasteiger partial charge in [0.1, 0.15) is 11.5 Å². The second kappa shape index (κ2) is 7.69. The first kappa shape index (κ1) is 16.1. The number of carbonyl (C=O) groups is 1. The normalized spacial score (nSPS) is 21.7. The fraction of sp³-hybridized carbons (Fsp3) is 0.562. The summed E-state index contributed by atoms with van der Waals surface area (Å²) in [4.78, 5) is 12.5. The van der Waals surface area contributed by atoms with Gasteiger partial charge in [0.15, 0.2) is 0 Å². The summed E-state index contributed by atoms with van der Waals surface area (Å²) >= 11 is 3.55. The van der Waals surface area contributed by atoms with Crippen molar-refractivity contribution < 1.29 is 14.3 Å². The molecule has 0 aliphatic heterocycles. The second-order valence-electron chi connectivity index (χ2n) is 5.35. The fourth-order valence-corrected chi connectivity index (χ4v) is 3.59. The molecule has 1 N–H and O–H groups in total. The Bertz CT molecular complexity index is 492. The molecule has 0 saturated heterocycles. The van der Waals surface area contributed by atoms with Gasteiger partial charge in [-0.15, -0.1) is 0 Å². The second-order valence-corrected chi connectivity index (χ2v) is 5.99. The van der Waals surface area contributed by atoms with Gasteiger partial charge in [-0.3, -0.25) is 4.79 Å². The first-order chi connectivity index (χ1) is 10.2. The maximum Gasteiger partial charge on any atom is 0.255 e. The zero-order chi connectivity index (χ0) is 15.2. The Hall–Kier alpha value is -1.23. The van der Waals surface area contributed by atoms with Gasteiger partial charge >= 0.3 is 0 Å². The third kappa shape index (κ3) is 3.90. The summed E-state index contributed by atoms with van der Waals surface area (Å²) in [6.45, 7) is 0. The lowest BCUT2D eigenvalue weighted by Crippen LogP contribution is -2.42. The van der Waals surface area contributed by atoms with Gasteiger partial charge in [-0.2, -0.15) is 0 Å². The number of nitrogens with one attached hydrogen (secondary N) is 1. The van der Waals surface area contributed by atoms with Gasteiger partial charge in [-0.05, 0) is 30.9 Å². The molecule has 1 aromatic rings. The number of hydrogen-bond acceptors (Lipinski definition) is 3. The van der Waals surface area contributed by atoms with Crippen LogP contribution in [0.3, 0.4) is 0 Å². The standard InChI is InChI=1S/C16H22BrNO3/c1-20-12-7-8-13(15(9-12)21-2)16(19)18-14-6-4-3-5-11(14)10-17/h7-9,11,14H,3-6,10H2,1-2H3,(H,18,19). The Morgan fingerprint density at radius 2 is 2.05 bits per heavy atom. The summed E-state index contributed by atoms with van der Waals surface area (Å²) in [6.07, 6.45) is 4.62. The van der Waals surface area contributed by atoms with Crippen molar-refractivity contribution in [2.45, 2.75) is 31.7 Å². The molecule has 2 atom stereocenters. The van der Waals surface area contributed by atoms with Crippen LogP contribution in [0.15, 0.2) is 18.2 Å². The molecule has 0 heterocycles. The summed E-state index contributed by atoms with van der Waals surface area (Å²) < 4.78 is 10.5. The first-order valence-electron chi connectivity index (χ1n) is 7.28. The average molecular weight is 356 g/mol. The summed E-state index contributed by atoms with van der Waals surface area (Å²) in [5, 5.41) is 4.09. The van der Waals surface area contributed by atoms with Crippen LogP contribution in [0.25, 0.3) is 0 Å². The van der Waals surface area contributed by atoms with Gasteiger partial charge < -0.3 is 14.8 Å². The summed E-state index contributed by atoms with van der Waals surface area (Å²) in [5.74, 6) is 1.65. The zero-order valence-electron chi connectivity index (χ0n) is 12.5. The number of ether oxygens (including phenoxy) is 2. The molecule has 116 valence electrons. The molecule has 1 aromatic carbocycles. The number of amides is 1. The highest BCUT2D eigenvalue weighted by Gasteiger charge is 2.26. The summed E-state index contributed by atoms with van der Waals surface area (Å²) in [5.41, 5.74) is 0.553. The largest absolute Gasteiger partial charge is 0.497 e. The molecule has 1 aliphatic rings. The van der Waals surface area contributed by atoms with Crippen LogP contribution < -0.4 is 14.8 Å². The van der Waals surface area contributed by atoms with Crippen molar-refractivity contribution in [1.82, 2.24) is 5.32 Å². The average Bonchev–Trinajstić information content (AvgIpc) is 2.54. The number of alkyl halides is 1. The van der Waals surface area contributed by atoms with Crippen LogP contribution in [0.4, 0.5) is 0 Å². The summed E-state index contributed by atoms with van der Waals surface area (Å²) in [7, 11) is 3.16. The Morgan fingerprint density at radius 1 is 1.29 bits per heavy atom. The van der Waals surface area contributed by atoms with Crippen molar-refractivity contribution in [1.29, 1.82) is 0 Å². The van der Waals surface area contributed by atoms with Crippen molar-refractivity contribution >= 4 is 21.8 Å². The maximum atomic E-state index is 12.5. The predicted molar refractivity (Wildman–Crippen MR) is 86.6 cm³/mol. The molecule has 2 unspecified atom stereocenters. The Morgan fingerprint density at radius 3 is 2.71 bits per heavy atom. The van der Waals surface area contributed by atoms with E-state index >= 15 is 0 Å². The van der Waals surface area contributed by atoms with E-state index in [4.69, 9.17) is 9.47 Å². The highest BCUT2D eigenvalue weighted by molar-refractivity contribution is 9.09. The van der Waals surface area contributed by atoms with Crippen molar-refractivity contribution in [3.8, 4) is 11.5 Å². The molecule has 4 nitrogen and oxygen atoms in total. The van der Waals surface area contributed by atoms with Crippen LogP contribution >= 0.6 is 15.9 Å². The molecule has 0 aromatic heterocycles. The first-order valence-corrected chi connectivity index (χ1v) is 8.40. The maximum absolute atomic E-state index is 12.5. The molecule has 1 amide bonds. The van der Waals surface area contributed by atoms with E-state index in [1.165, 1.54) is 12.8 Å². The van der Waals surface area contributed by atoms with Crippen LogP contribution in [-0.2, 0) is 0 Å². The van der Waals surface area contributed by atoms with Crippen LogP contribution in [0.1, 0.15) is 36.0 Å². The molecule has 0 spiro atoms. The highest BCUT2D eigenvalue weighted by Crippen LogP contribution is 2.28. The lowest BCUT2D eigenvalue weighted by molar-refractivity contribution is 0.0908. The summed E-state index contributed by atoms with van der Waals surface area (Å²) in [6, 6.07) is 5.49. The number of rotatable bonds is 5. The van der Waals surface area contributed by atoms with Crippen molar-refractivity contribution in [3.05, 3.63) is 23.8 Å². The third-order valence-electron chi connectivity index (χ3n) is 4.08. The van der Waals surface area contributed by atoms with Gasteiger partial charge in [0.25, 0.3) is 5.91 Å². The van der Waals surface area contributed by atoms with Crippen LogP contribution in [0.5, 0.6) is 11.5 Å². The number of benzene rings is 1. The van der Waals surface area contributed by atoms with Crippen LogP contribution in [0, 0.1) is 5.92 Å². The van der Waals surface area contributed by atoms with E-state index in [0.29, 0.717) is 23.0 Å². The number of halogens is 1. The molecule has 2 rings (SSSR count). The topological polar surface area (TPSA) is 47.6 Å². The molecule has 1 aliphatic carbocycles. The van der Waals surface area contributed by atoms with E-state index in [2.05, 4.69) is 21.2 Å². The van der Waals surface area contributed by atoms with Crippen molar-refractivity contribution in [2.24, 2.45) is 5.92 Å². The van der Waals surface area contributed by atoms with Crippen LogP contribution in [-0.4, -0.2) is 31.5 Å². The smallest absolute Gasteiger partial charge is 0.255 e. The van der Waals surface area contributed by atoms with Gasteiger partial charge in [0.2, 0.25) is 0 Å². The Labute approximate surface area is 134 Å². The molecular formula is C16H22BrNO3. The van der Waals surface area contributed by atoms with E-state index in [-0.39, 0.29) is 11.9 Å². The van der Waals surface area contributed by atoms with E-state index in [1.807, 2.05) is 0 Å². The van der Waals surface area contributed by atoms with Crippen molar-refractivity contribution in [3.63, 3.8) is 0 Å². The van der Waals surface area contributed by atoms with E-state index in [1.54, 1.807) is 32.4 Å². The lowest BCUT2D eigenvalue weighted by Gasteiger charge is -2.31. The lowest BCUT2D eigenvalue weighted by atomic mass is 9.86. The molecule has 21 heavy (non-hydrogen) atoms. The van der Waals surface area contributed by atoms with Crippen molar-refractivity contribution in [2.75, 3.05) is 19.5 Å². The van der Waals surface area contributed by atoms with E-state index < -0.39 is 0 Å². The SMILES string of the molecule is COc1ccc(C(=O)NC2CCCCC2CBr)c(OC)c1. The molecular weight excluding hydrogens is 334 g/mol. The molecule has 0 bridgehead atoms. The number of methoxy groups -OCH3 is 2. The molecule has 0 radical (unpaired) electrons. The van der Waals surface area contributed by atoms with Gasteiger partial charge in [-0.25, -0.2) is 0 Å². The highest BCUT2D eigenvalue weighted by atomic mass is 79.9. The van der Waals surface area contributed by atoms with E-state index in [9.17, 15) is 4.79 Å². The molecule has 5 heteroatoms. The minimum absolute atomic E-state index is 0.0765. The molecule has 1 fully saturated rings. The number of hydrogen-bond donors (Lipinski definition) is 1. The fourth-order valence-electron chi connectivity index (χ4n) is 2.81. The minimum Gasteiger partial charge on any atom is -0.497 e. The number of carbonyl (C=O) groups excluding carboxylic acids is 1. The molecule has 1 saturated carbocycles. The van der Waals surface area contributed by atoms with Gasteiger partial charge in [-0.1, -0.05) is 28.8 Å². The third-order valence-corrected chi connectivity index (χ3v) is 4.91. The quantitative estimate of drug-likeness (QED) is 0.823. The van der Waals surface area contributed by atoms with Crippen LogP contribution in [0.2, 0.25) is 0 Å². The minimum atomic E-state index is -0.0765. The Balaban J connectivity index is 2.12. The zero-order valence-corrected chi connectivity index (χ0v) is 14.1. The Kier molecular flexibility index (Phi) is 5.91. The van der Waals surface area contributed by atoms with Gasteiger partial charge in [0.05, 0.1) is 19.8 Å².